The molecule has 27 heavy (non-hydrogen) atoms. The average molecular weight is 387 g/mol. The van der Waals surface area contributed by atoms with Gasteiger partial charge in [0, 0.05) is 28.8 Å². The standard InChI is InChI=1S/C19H18FN3O3S/c1-11-15(16-10-13(20)2-4-18(16)22-11)6-7-21-27(25,26)14-3-5-17-12(8-14)9-19(24)23-17/h2-5,8,10,21-22H,6-7,9H2,1H3,(H,23,24). The number of H-pyrrole nitrogens is 1. The quantitative estimate of drug-likeness (QED) is 0.629. The molecule has 2 heterocycles. The van der Waals surface area contributed by atoms with E-state index in [-0.39, 0.29) is 29.6 Å². The number of anilines is 1. The Morgan fingerprint density at radius 1 is 1.19 bits per heavy atom. The largest absolute Gasteiger partial charge is 0.358 e. The minimum Gasteiger partial charge on any atom is -0.358 e. The van der Waals surface area contributed by atoms with E-state index in [9.17, 15) is 17.6 Å². The number of rotatable bonds is 5. The fourth-order valence-electron chi connectivity index (χ4n) is 3.44. The highest BCUT2D eigenvalue weighted by atomic mass is 32.2. The summed E-state index contributed by atoms with van der Waals surface area (Å²) < 4.78 is 41.2. The van der Waals surface area contributed by atoms with E-state index in [1.54, 1.807) is 12.1 Å². The van der Waals surface area contributed by atoms with Gasteiger partial charge in [0.15, 0.2) is 0 Å². The van der Waals surface area contributed by atoms with Gasteiger partial charge in [-0.05, 0) is 60.9 Å². The number of aryl methyl sites for hydroxylation is 1. The maximum absolute atomic E-state index is 13.5. The van der Waals surface area contributed by atoms with Crippen LogP contribution in [0.2, 0.25) is 0 Å². The molecule has 2 aromatic carbocycles. The minimum absolute atomic E-state index is 0.124. The van der Waals surface area contributed by atoms with E-state index in [0.29, 0.717) is 17.7 Å². The molecule has 3 aromatic rings. The van der Waals surface area contributed by atoms with Crippen molar-refractivity contribution in [2.24, 2.45) is 0 Å². The Bertz CT molecular complexity index is 1170. The van der Waals surface area contributed by atoms with Crippen molar-refractivity contribution in [1.82, 2.24) is 9.71 Å². The van der Waals surface area contributed by atoms with Gasteiger partial charge in [-0.3, -0.25) is 4.79 Å². The molecule has 3 N–H and O–H groups in total. The highest BCUT2D eigenvalue weighted by Crippen LogP contribution is 2.26. The van der Waals surface area contributed by atoms with Crippen LogP contribution in [0.1, 0.15) is 16.8 Å². The maximum atomic E-state index is 13.5. The van der Waals surface area contributed by atoms with Crippen LogP contribution in [0.3, 0.4) is 0 Å². The Labute approximate surface area is 155 Å². The monoisotopic (exact) mass is 387 g/mol. The maximum Gasteiger partial charge on any atom is 0.240 e. The lowest BCUT2D eigenvalue weighted by molar-refractivity contribution is -0.115. The molecule has 4 rings (SSSR count). The van der Waals surface area contributed by atoms with Gasteiger partial charge < -0.3 is 10.3 Å². The molecular formula is C19H18FN3O3S. The van der Waals surface area contributed by atoms with Gasteiger partial charge in [0.05, 0.1) is 11.3 Å². The molecule has 8 heteroatoms. The number of sulfonamides is 1. The second kappa shape index (κ2) is 6.47. The molecule has 1 aliphatic rings. The summed E-state index contributed by atoms with van der Waals surface area (Å²) in [5, 5.41) is 3.44. The Balaban J connectivity index is 1.51. The SMILES string of the molecule is Cc1[nH]c2ccc(F)cc2c1CCNS(=O)(=O)c1ccc2c(c1)CC(=O)N2. The van der Waals surface area contributed by atoms with Gasteiger partial charge in [-0.2, -0.15) is 0 Å². The number of aromatic nitrogens is 1. The zero-order chi connectivity index (χ0) is 19.2. The molecule has 0 radical (unpaired) electrons. The third kappa shape index (κ3) is 3.33. The molecule has 0 saturated heterocycles. The number of aromatic amines is 1. The lowest BCUT2D eigenvalue weighted by Gasteiger charge is -2.08. The zero-order valence-electron chi connectivity index (χ0n) is 14.6. The van der Waals surface area contributed by atoms with Crippen LogP contribution < -0.4 is 10.0 Å². The topological polar surface area (TPSA) is 91.1 Å². The summed E-state index contributed by atoms with van der Waals surface area (Å²) in [5.74, 6) is -0.473. The molecule has 1 aliphatic heterocycles. The molecule has 0 atom stereocenters. The molecule has 0 spiro atoms. The van der Waals surface area contributed by atoms with Crippen LogP contribution >= 0.6 is 0 Å². The summed E-state index contributed by atoms with van der Waals surface area (Å²) in [6.07, 6.45) is 0.609. The second-order valence-electron chi connectivity index (χ2n) is 6.61. The number of amides is 1. The van der Waals surface area contributed by atoms with Crippen molar-refractivity contribution >= 4 is 32.5 Å². The van der Waals surface area contributed by atoms with E-state index in [1.165, 1.54) is 24.3 Å². The van der Waals surface area contributed by atoms with Crippen LogP contribution in [-0.2, 0) is 27.7 Å². The first-order valence-electron chi connectivity index (χ1n) is 8.52. The van der Waals surface area contributed by atoms with E-state index in [4.69, 9.17) is 0 Å². The van der Waals surface area contributed by atoms with Gasteiger partial charge in [0.2, 0.25) is 15.9 Å². The summed E-state index contributed by atoms with van der Waals surface area (Å²) in [6.45, 7) is 2.06. The Kier molecular flexibility index (Phi) is 4.24. The summed E-state index contributed by atoms with van der Waals surface area (Å²) in [4.78, 5) is 14.7. The normalized spacial score (nSPS) is 13.8. The number of carbonyl (C=O) groups excluding carboxylic acids is 1. The van der Waals surface area contributed by atoms with Crippen molar-refractivity contribution in [3.05, 3.63) is 59.0 Å². The van der Waals surface area contributed by atoms with Crippen LogP contribution in [0.25, 0.3) is 10.9 Å². The molecule has 1 aromatic heterocycles. The third-order valence-corrected chi connectivity index (χ3v) is 6.22. The Hall–Kier alpha value is -2.71. The second-order valence-corrected chi connectivity index (χ2v) is 8.38. The smallest absolute Gasteiger partial charge is 0.240 e. The van der Waals surface area contributed by atoms with Crippen molar-refractivity contribution in [3.8, 4) is 0 Å². The van der Waals surface area contributed by atoms with Crippen LogP contribution in [0, 0.1) is 12.7 Å². The van der Waals surface area contributed by atoms with Crippen LogP contribution in [0.5, 0.6) is 0 Å². The van der Waals surface area contributed by atoms with Gasteiger partial charge in [0.25, 0.3) is 0 Å². The average Bonchev–Trinajstić information content (AvgIpc) is 3.13. The molecule has 6 nitrogen and oxygen atoms in total. The predicted molar refractivity (Wildman–Crippen MR) is 101 cm³/mol. The van der Waals surface area contributed by atoms with Crippen molar-refractivity contribution in [2.45, 2.75) is 24.7 Å². The first-order chi connectivity index (χ1) is 12.8. The van der Waals surface area contributed by atoms with Crippen LogP contribution in [0.15, 0.2) is 41.3 Å². The van der Waals surface area contributed by atoms with Crippen molar-refractivity contribution in [2.75, 3.05) is 11.9 Å². The molecule has 0 fully saturated rings. The van der Waals surface area contributed by atoms with E-state index in [0.717, 1.165) is 22.2 Å². The number of benzene rings is 2. The highest BCUT2D eigenvalue weighted by Gasteiger charge is 2.21. The number of hydrogen-bond acceptors (Lipinski definition) is 3. The van der Waals surface area contributed by atoms with Crippen molar-refractivity contribution < 1.29 is 17.6 Å². The summed E-state index contributed by atoms with van der Waals surface area (Å²) in [7, 11) is -3.70. The Morgan fingerprint density at radius 2 is 2.00 bits per heavy atom. The number of fused-ring (bicyclic) bond motifs is 2. The fraction of sp³-hybridized carbons (Fsp3) is 0.211. The molecule has 1 amide bonds. The van der Waals surface area contributed by atoms with Gasteiger partial charge in [-0.15, -0.1) is 0 Å². The van der Waals surface area contributed by atoms with Gasteiger partial charge in [0.1, 0.15) is 5.82 Å². The summed E-state index contributed by atoms with van der Waals surface area (Å²) >= 11 is 0. The summed E-state index contributed by atoms with van der Waals surface area (Å²) in [6, 6.07) is 9.10. The first-order valence-corrected chi connectivity index (χ1v) is 10.0. The third-order valence-electron chi connectivity index (χ3n) is 4.76. The molecule has 0 unspecified atom stereocenters. The molecule has 0 saturated carbocycles. The van der Waals surface area contributed by atoms with E-state index in [1.807, 2.05) is 6.92 Å². The zero-order valence-corrected chi connectivity index (χ0v) is 15.4. The molecule has 0 bridgehead atoms. The van der Waals surface area contributed by atoms with Crippen molar-refractivity contribution in [1.29, 1.82) is 0 Å². The van der Waals surface area contributed by atoms with E-state index >= 15 is 0 Å². The van der Waals surface area contributed by atoms with E-state index < -0.39 is 10.0 Å². The first kappa shape index (κ1) is 17.7. The Morgan fingerprint density at radius 3 is 2.81 bits per heavy atom. The number of nitrogens with one attached hydrogen (secondary N) is 3. The number of halogens is 1. The lowest BCUT2D eigenvalue weighted by atomic mass is 10.1. The van der Waals surface area contributed by atoms with Crippen LogP contribution in [-0.4, -0.2) is 25.9 Å². The van der Waals surface area contributed by atoms with Crippen molar-refractivity contribution in [3.63, 3.8) is 0 Å². The molecule has 0 aliphatic carbocycles. The van der Waals surface area contributed by atoms with Gasteiger partial charge >= 0.3 is 0 Å². The lowest BCUT2D eigenvalue weighted by Crippen LogP contribution is -2.26. The fourth-order valence-corrected chi connectivity index (χ4v) is 4.53. The number of carbonyl (C=O) groups is 1. The minimum atomic E-state index is -3.70. The van der Waals surface area contributed by atoms with E-state index in [2.05, 4.69) is 15.0 Å². The van der Waals surface area contributed by atoms with Gasteiger partial charge in [-0.1, -0.05) is 0 Å². The highest BCUT2D eigenvalue weighted by molar-refractivity contribution is 7.89. The van der Waals surface area contributed by atoms with Gasteiger partial charge in [-0.25, -0.2) is 17.5 Å². The summed E-state index contributed by atoms with van der Waals surface area (Å²) in [5.41, 5.74) is 3.91. The molecular weight excluding hydrogens is 369 g/mol. The number of hydrogen-bond donors (Lipinski definition) is 3. The molecule has 140 valence electrons. The van der Waals surface area contributed by atoms with Crippen LogP contribution in [0.4, 0.5) is 10.1 Å². The predicted octanol–water partition coefficient (Wildman–Crippen LogP) is 2.63.